The Morgan fingerprint density at radius 2 is 2.09 bits per heavy atom. The minimum Gasteiger partial charge on any atom is -0.484 e. The molecule has 1 spiro atoms. The Labute approximate surface area is 136 Å². The Morgan fingerprint density at radius 3 is 2.78 bits per heavy atom. The van der Waals surface area contributed by atoms with E-state index in [1.807, 2.05) is 45.9 Å². The molecule has 0 bridgehead atoms. The van der Waals surface area contributed by atoms with Crippen LogP contribution in [0.3, 0.4) is 0 Å². The highest BCUT2D eigenvalue weighted by atomic mass is 16.6. The number of fused-ring (bicyclic) bond motifs is 1. The fraction of sp³-hybridized carbons (Fsp3) is 0.556. The van der Waals surface area contributed by atoms with Crippen LogP contribution in [0.4, 0.5) is 4.79 Å². The predicted molar refractivity (Wildman–Crippen MR) is 85.9 cm³/mol. The summed E-state index contributed by atoms with van der Waals surface area (Å²) in [4.78, 5) is 26.3. The Bertz CT molecular complexity index is 661. The minimum absolute atomic E-state index is 0.0842. The van der Waals surface area contributed by atoms with Gasteiger partial charge in [-0.25, -0.2) is 4.79 Å². The number of Topliss-reactive ketones (excluding diaryl/α,β-unsaturated/α-hetero) is 1. The van der Waals surface area contributed by atoms with Crippen LogP contribution in [0.2, 0.25) is 0 Å². The van der Waals surface area contributed by atoms with Gasteiger partial charge in [-0.15, -0.1) is 0 Å². The number of carbonyl (C=O) groups is 2. The first kappa shape index (κ1) is 15.8. The van der Waals surface area contributed by atoms with Gasteiger partial charge >= 0.3 is 6.09 Å². The van der Waals surface area contributed by atoms with Crippen molar-refractivity contribution in [3.8, 4) is 5.75 Å². The molecular weight excluding hydrogens is 294 g/mol. The van der Waals surface area contributed by atoms with E-state index in [1.165, 1.54) is 0 Å². The highest BCUT2D eigenvalue weighted by Gasteiger charge is 2.47. The number of nitrogens with zero attached hydrogens (tertiary/aromatic N) is 1. The number of hydrogen-bond donors (Lipinski definition) is 0. The second-order valence-corrected chi connectivity index (χ2v) is 7.54. The van der Waals surface area contributed by atoms with Crippen molar-refractivity contribution in [3.63, 3.8) is 0 Å². The number of likely N-dealkylation sites (tertiary alicyclic amines) is 1. The van der Waals surface area contributed by atoms with Gasteiger partial charge < -0.3 is 14.4 Å². The van der Waals surface area contributed by atoms with Crippen LogP contribution in [0.15, 0.2) is 18.2 Å². The molecule has 1 unspecified atom stereocenters. The Hall–Kier alpha value is -2.04. The molecule has 1 aromatic carbocycles. The number of rotatable bonds is 0. The fourth-order valence-corrected chi connectivity index (χ4v) is 3.16. The van der Waals surface area contributed by atoms with Crippen LogP contribution in [-0.2, 0) is 4.74 Å². The molecule has 1 atom stereocenters. The Kier molecular flexibility index (Phi) is 3.62. The van der Waals surface area contributed by atoms with Crippen LogP contribution >= 0.6 is 0 Å². The Balaban J connectivity index is 1.77. The summed E-state index contributed by atoms with van der Waals surface area (Å²) in [6.07, 6.45) is 0.605. The van der Waals surface area contributed by atoms with Gasteiger partial charge in [-0.3, -0.25) is 4.79 Å². The molecule has 1 saturated heterocycles. The summed E-state index contributed by atoms with van der Waals surface area (Å²) in [5.74, 6) is 0.707. The van der Waals surface area contributed by atoms with Gasteiger partial charge in [0, 0.05) is 13.0 Å². The number of aryl methyl sites for hydroxylation is 1. The number of ketones is 1. The molecule has 3 rings (SSSR count). The molecule has 0 saturated carbocycles. The first-order valence-electron chi connectivity index (χ1n) is 7.98. The normalized spacial score (nSPS) is 23.7. The number of ether oxygens (including phenoxy) is 2. The monoisotopic (exact) mass is 317 g/mol. The van der Waals surface area contributed by atoms with Crippen LogP contribution in [0, 0.1) is 6.92 Å². The molecule has 124 valence electrons. The molecule has 23 heavy (non-hydrogen) atoms. The molecule has 0 aliphatic carbocycles. The van der Waals surface area contributed by atoms with Gasteiger partial charge in [0.05, 0.1) is 18.5 Å². The standard InChI is InChI=1S/C18H23NO4/c1-12-5-6-15-13(9-12)14(20)10-18(22-15)7-8-19(11-18)16(21)23-17(2,3)4/h5-6,9H,7-8,10-11H2,1-4H3. The van der Waals surface area contributed by atoms with E-state index >= 15 is 0 Å². The van der Waals surface area contributed by atoms with Crippen LogP contribution in [-0.4, -0.2) is 41.1 Å². The molecule has 5 heteroatoms. The summed E-state index contributed by atoms with van der Waals surface area (Å²) in [7, 11) is 0. The van der Waals surface area contributed by atoms with Crippen molar-refractivity contribution in [3.05, 3.63) is 29.3 Å². The van der Waals surface area contributed by atoms with Crippen LogP contribution in [0.25, 0.3) is 0 Å². The van der Waals surface area contributed by atoms with Gasteiger partial charge in [-0.05, 0) is 39.8 Å². The summed E-state index contributed by atoms with van der Waals surface area (Å²) in [6, 6.07) is 5.65. The number of hydrogen-bond acceptors (Lipinski definition) is 4. The van der Waals surface area contributed by atoms with Crippen molar-refractivity contribution >= 4 is 11.9 Å². The van der Waals surface area contributed by atoms with Gasteiger partial charge in [0.1, 0.15) is 17.0 Å². The van der Waals surface area contributed by atoms with Crippen molar-refractivity contribution in [1.82, 2.24) is 4.90 Å². The molecule has 0 N–H and O–H groups in total. The quantitative estimate of drug-likeness (QED) is 0.736. The first-order chi connectivity index (χ1) is 10.7. The van der Waals surface area contributed by atoms with Gasteiger partial charge in [-0.1, -0.05) is 11.6 Å². The second kappa shape index (κ2) is 5.25. The third-order valence-corrected chi connectivity index (χ3v) is 4.21. The fourth-order valence-electron chi connectivity index (χ4n) is 3.16. The third kappa shape index (κ3) is 3.19. The first-order valence-corrected chi connectivity index (χ1v) is 7.98. The maximum absolute atomic E-state index is 12.5. The number of amides is 1. The lowest BCUT2D eigenvalue weighted by Crippen LogP contribution is -2.46. The maximum Gasteiger partial charge on any atom is 0.410 e. The molecule has 2 aliphatic heterocycles. The SMILES string of the molecule is Cc1ccc2c(c1)C(=O)CC1(CCN(C(=O)OC(C)(C)C)C1)O2. The zero-order valence-corrected chi connectivity index (χ0v) is 14.1. The van der Waals surface area contributed by atoms with Gasteiger partial charge in [-0.2, -0.15) is 0 Å². The Morgan fingerprint density at radius 1 is 1.35 bits per heavy atom. The second-order valence-electron chi connectivity index (χ2n) is 7.54. The largest absolute Gasteiger partial charge is 0.484 e. The molecule has 2 aliphatic rings. The number of carbonyl (C=O) groups excluding carboxylic acids is 2. The van der Waals surface area contributed by atoms with Crippen molar-refractivity contribution in [2.24, 2.45) is 0 Å². The van der Waals surface area contributed by atoms with Gasteiger partial charge in [0.15, 0.2) is 5.78 Å². The minimum atomic E-state index is -0.615. The molecule has 1 fully saturated rings. The average molecular weight is 317 g/mol. The molecule has 0 aromatic heterocycles. The van der Waals surface area contributed by atoms with E-state index < -0.39 is 11.2 Å². The molecule has 1 amide bonds. The van der Waals surface area contributed by atoms with Gasteiger partial charge in [0.25, 0.3) is 0 Å². The average Bonchev–Trinajstić information content (AvgIpc) is 2.82. The van der Waals surface area contributed by atoms with Crippen molar-refractivity contribution in [1.29, 1.82) is 0 Å². The zero-order valence-electron chi connectivity index (χ0n) is 14.1. The summed E-state index contributed by atoms with van der Waals surface area (Å²) < 4.78 is 11.6. The molecular formula is C18H23NO4. The lowest BCUT2D eigenvalue weighted by Gasteiger charge is -2.35. The van der Waals surface area contributed by atoms with Crippen molar-refractivity contribution in [2.75, 3.05) is 13.1 Å². The molecule has 1 aromatic rings. The van der Waals surface area contributed by atoms with E-state index in [0.29, 0.717) is 37.2 Å². The zero-order chi connectivity index (χ0) is 16.8. The van der Waals surface area contributed by atoms with E-state index in [0.717, 1.165) is 5.56 Å². The third-order valence-electron chi connectivity index (χ3n) is 4.21. The van der Waals surface area contributed by atoms with E-state index in [1.54, 1.807) is 4.90 Å². The molecule has 2 heterocycles. The van der Waals surface area contributed by atoms with Crippen LogP contribution < -0.4 is 4.74 Å². The van der Waals surface area contributed by atoms with E-state index in [9.17, 15) is 9.59 Å². The highest BCUT2D eigenvalue weighted by molar-refractivity contribution is 6.00. The number of benzene rings is 1. The van der Waals surface area contributed by atoms with Crippen molar-refractivity contribution in [2.45, 2.75) is 51.7 Å². The van der Waals surface area contributed by atoms with E-state index in [2.05, 4.69) is 0 Å². The maximum atomic E-state index is 12.5. The summed E-state index contributed by atoms with van der Waals surface area (Å²) in [5.41, 5.74) is 0.543. The highest BCUT2D eigenvalue weighted by Crippen LogP contribution is 2.39. The van der Waals surface area contributed by atoms with E-state index in [-0.39, 0.29) is 11.9 Å². The summed E-state index contributed by atoms with van der Waals surface area (Å²) in [6.45, 7) is 8.42. The lowest BCUT2D eigenvalue weighted by molar-refractivity contribution is 0.0171. The smallest absolute Gasteiger partial charge is 0.410 e. The summed E-state index contributed by atoms with van der Waals surface area (Å²) in [5, 5.41) is 0. The van der Waals surface area contributed by atoms with Gasteiger partial charge in [0.2, 0.25) is 0 Å². The predicted octanol–water partition coefficient (Wildman–Crippen LogP) is 3.34. The summed E-state index contributed by atoms with van der Waals surface area (Å²) >= 11 is 0. The molecule has 0 radical (unpaired) electrons. The topological polar surface area (TPSA) is 55.8 Å². The van der Waals surface area contributed by atoms with Crippen LogP contribution in [0.5, 0.6) is 5.75 Å². The van der Waals surface area contributed by atoms with E-state index in [4.69, 9.17) is 9.47 Å². The van der Waals surface area contributed by atoms with Crippen LogP contribution in [0.1, 0.15) is 49.5 Å². The van der Waals surface area contributed by atoms with Crippen molar-refractivity contribution < 1.29 is 19.1 Å². The lowest BCUT2D eigenvalue weighted by atomic mass is 9.89. The molecule has 5 nitrogen and oxygen atoms in total.